The molecule has 11 nitrogen and oxygen atoms in total. The molecule has 1 aliphatic heterocycles. The van der Waals surface area contributed by atoms with Crippen molar-refractivity contribution in [3.05, 3.63) is 54.3 Å². The van der Waals surface area contributed by atoms with E-state index in [0.717, 1.165) is 0 Å². The molecule has 7 rings (SSSR count). The molecule has 0 spiro atoms. The summed E-state index contributed by atoms with van der Waals surface area (Å²) in [5.74, 6) is -1.97. The number of ketones is 1. The first-order valence-corrected chi connectivity index (χ1v) is 15.1. The Hall–Kier alpha value is -4.65. The lowest BCUT2D eigenvalue weighted by molar-refractivity contribution is -0.137. The predicted octanol–water partition coefficient (Wildman–Crippen LogP) is 3.49. The number of phenolic OH excluding ortho intramolecular Hbond substituents is 1. The van der Waals surface area contributed by atoms with Crippen LogP contribution >= 0.6 is 11.8 Å². The smallest absolute Gasteiger partial charge is 0.326 e. The van der Waals surface area contributed by atoms with Gasteiger partial charge in [-0.15, -0.1) is 11.8 Å². The second kappa shape index (κ2) is 9.93. The Morgan fingerprint density at radius 3 is 2.24 bits per heavy atom. The highest BCUT2D eigenvalue weighted by Crippen LogP contribution is 2.57. The number of nitrogens with one attached hydrogen (secondary N) is 1. The first-order chi connectivity index (χ1) is 21.5. The largest absolute Gasteiger partial charge is 0.504 e. The Bertz CT molecular complexity index is 2350. The van der Waals surface area contributed by atoms with Crippen LogP contribution < -0.4 is 25.6 Å². The van der Waals surface area contributed by atoms with Crippen molar-refractivity contribution in [3.8, 4) is 17.2 Å². The number of hydrogen-bond acceptors (Lipinski definition) is 11. The maximum absolute atomic E-state index is 14.5. The molecule has 230 valence electrons. The maximum Gasteiger partial charge on any atom is 0.326 e. The van der Waals surface area contributed by atoms with Crippen molar-refractivity contribution in [1.82, 2.24) is 0 Å². The van der Waals surface area contributed by atoms with Crippen molar-refractivity contribution in [2.45, 2.75) is 44.4 Å². The number of benzene rings is 5. The van der Waals surface area contributed by atoms with Gasteiger partial charge in [0.15, 0.2) is 28.5 Å². The summed E-state index contributed by atoms with van der Waals surface area (Å²) in [4.78, 5) is 54.1. The molecule has 0 saturated carbocycles. The molecule has 0 fully saturated rings. The fourth-order valence-electron chi connectivity index (χ4n) is 7.48. The Morgan fingerprint density at radius 2 is 1.64 bits per heavy atom. The number of aliphatic hydroxyl groups is 2. The van der Waals surface area contributed by atoms with Crippen LogP contribution in [0.4, 0.5) is 5.69 Å². The first-order valence-electron chi connectivity index (χ1n) is 14.1. The van der Waals surface area contributed by atoms with Crippen molar-refractivity contribution in [1.29, 1.82) is 0 Å². The van der Waals surface area contributed by atoms with Gasteiger partial charge in [0.2, 0.25) is 5.43 Å². The number of carbonyl (C=O) groups excluding carboxylic acids is 1. The van der Waals surface area contributed by atoms with Crippen LogP contribution in [0.25, 0.3) is 48.7 Å². The molecule has 0 bridgehead atoms. The predicted molar refractivity (Wildman–Crippen MR) is 171 cm³/mol. The highest BCUT2D eigenvalue weighted by Gasteiger charge is 2.38. The van der Waals surface area contributed by atoms with Crippen LogP contribution in [0.5, 0.6) is 17.2 Å². The number of ether oxygens (including phenoxy) is 2. The van der Waals surface area contributed by atoms with Crippen LogP contribution in [0.1, 0.15) is 36.1 Å². The molecule has 1 aliphatic carbocycles. The average Bonchev–Trinajstić information content (AvgIpc) is 3.14. The van der Waals surface area contributed by atoms with Crippen LogP contribution in [-0.2, 0) is 29.2 Å². The van der Waals surface area contributed by atoms with Crippen molar-refractivity contribution in [2.24, 2.45) is 0 Å². The van der Waals surface area contributed by atoms with E-state index in [1.807, 2.05) is 0 Å². The Labute approximate surface area is 258 Å². The summed E-state index contributed by atoms with van der Waals surface area (Å²) in [6.45, 7) is 1.99. The number of Topliss-reactive ketones (excluding diaryl/α,β-unsaturated/α-hetero) is 1. The number of rotatable bonds is 6. The number of thioether (sulfide) groups is 1. The maximum atomic E-state index is 14.5. The molecule has 45 heavy (non-hydrogen) atoms. The monoisotopic (exact) mass is 629 g/mol. The van der Waals surface area contributed by atoms with Gasteiger partial charge in [0, 0.05) is 49.1 Å². The van der Waals surface area contributed by atoms with E-state index in [0.29, 0.717) is 48.5 Å². The molecule has 1 atom stereocenters. The Morgan fingerprint density at radius 1 is 0.956 bits per heavy atom. The molecule has 2 aliphatic rings. The molecule has 0 radical (unpaired) electrons. The van der Waals surface area contributed by atoms with Gasteiger partial charge in [-0.2, -0.15) is 0 Å². The van der Waals surface area contributed by atoms with Gasteiger partial charge < -0.3 is 35.2 Å². The number of aliphatic carboxylic acids is 1. The van der Waals surface area contributed by atoms with Crippen molar-refractivity contribution in [2.75, 3.05) is 25.3 Å². The van der Waals surface area contributed by atoms with Crippen LogP contribution in [0.3, 0.4) is 0 Å². The van der Waals surface area contributed by atoms with Gasteiger partial charge in [0.25, 0.3) is 0 Å². The topological polar surface area (TPSA) is 180 Å². The third-order valence-electron chi connectivity index (χ3n) is 9.08. The van der Waals surface area contributed by atoms with E-state index in [9.17, 15) is 39.6 Å². The fourth-order valence-corrected chi connectivity index (χ4v) is 8.68. The lowest BCUT2D eigenvalue weighted by Crippen LogP contribution is -2.35. The first kappa shape index (κ1) is 29.1. The van der Waals surface area contributed by atoms with Gasteiger partial charge in [-0.25, -0.2) is 4.79 Å². The van der Waals surface area contributed by atoms with Gasteiger partial charge in [-0.05, 0) is 48.1 Å². The van der Waals surface area contributed by atoms with E-state index in [1.54, 1.807) is 6.92 Å². The standard InChI is InChI=1S/C33H27NO10S/c1-10-5-13-19-23-20(14(8-36)32-27(26(23)29(40)30(13)43-3)34-15(9-45-32)33(41)42)18-12(7-35)6-16(38)21-22(18)24(19)25(17(10)11(2)37)31(44-4)28(21)39/h6,15,34-36,39H,5,7-9H2,1-4H3,(H,41,42). The zero-order valence-electron chi connectivity index (χ0n) is 24.6. The van der Waals surface area contributed by atoms with Crippen molar-refractivity contribution in [3.63, 3.8) is 0 Å². The van der Waals surface area contributed by atoms with Crippen LogP contribution in [0.2, 0.25) is 0 Å². The van der Waals surface area contributed by atoms with E-state index in [4.69, 9.17) is 9.47 Å². The number of methoxy groups -OCH3 is 2. The molecular weight excluding hydrogens is 602 g/mol. The molecule has 0 amide bonds. The summed E-state index contributed by atoms with van der Waals surface area (Å²) in [6, 6.07) is 0.168. The normalized spacial score (nSPS) is 16.1. The number of aliphatic hydroxyl groups excluding tert-OH is 2. The highest BCUT2D eigenvalue weighted by molar-refractivity contribution is 7.99. The van der Waals surface area contributed by atoms with Gasteiger partial charge in [0.1, 0.15) is 6.04 Å². The Kier molecular flexibility index (Phi) is 6.42. The number of carboxylic acid groups (broad SMARTS) is 1. The van der Waals surface area contributed by atoms with Gasteiger partial charge in [-0.3, -0.25) is 14.4 Å². The quantitative estimate of drug-likeness (QED) is 0.137. The zero-order valence-corrected chi connectivity index (χ0v) is 25.4. The summed E-state index contributed by atoms with van der Waals surface area (Å²) < 4.78 is 11.5. The number of anilines is 1. The zero-order chi connectivity index (χ0) is 32.2. The van der Waals surface area contributed by atoms with Gasteiger partial charge >= 0.3 is 5.97 Å². The number of phenols is 1. The van der Waals surface area contributed by atoms with Crippen LogP contribution in [0, 0.1) is 0 Å². The fraction of sp³-hybridized carbons (Fsp3) is 0.273. The Balaban J connectivity index is 1.97. The number of fused-ring (bicyclic) bond motifs is 3. The number of carboxylic acids is 1. The molecule has 5 N–H and O–H groups in total. The number of carbonyl (C=O) groups is 2. The van der Waals surface area contributed by atoms with E-state index < -0.39 is 41.8 Å². The van der Waals surface area contributed by atoms with Gasteiger partial charge in [-0.1, -0.05) is 5.57 Å². The molecule has 1 unspecified atom stereocenters. The lowest BCUT2D eigenvalue weighted by Gasteiger charge is -2.30. The minimum Gasteiger partial charge on any atom is -0.504 e. The van der Waals surface area contributed by atoms with Crippen LogP contribution in [-0.4, -0.2) is 58.2 Å². The molecule has 0 saturated heterocycles. The second-order valence-corrected chi connectivity index (χ2v) is 12.4. The molecule has 12 heteroatoms. The van der Waals surface area contributed by atoms with Gasteiger partial charge in [0.05, 0.1) is 43.9 Å². The summed E-state index contributed by atoms with van der Waals surface area (Å²) >= 11 is 1.17. The molecule has 5 aromatic rings. The third-order valence-corrected chi connectivity index (χ3v) is 10.3. The minimum atomic E-state index is -1.12. The molecular formula is C33H27NO10S. The molecule has 5 aromatic carbocycles. The molecule has 0 aromatic heterocycles. The highest BCUT2D eigenvalue weighted by atomic mass is 32.2. The minimum absolute atomic E-state index is 0.0222. The summed E-state index contributed by atoms with van der Waals surface area (Å²) in [5, 5.41) is 48.2. The van der Waals surface area contributed by atoms with Crippen LogP contribution in [0.15, 0.2) is 26.1 Å². The second-order valence-electron chi connectivity index (χ2n) is 11.4. The molecule has 1 heterocycles. The van der Waals surface area contributed by atoms with E-state index in [2.05, 4.69) is 5.32 Å². The summed E-state index contributed by atoms with van der Waals surface area (Å²) in [6.07, 6.45) is 0.0862. The van der Waals surface area contributed by atoms with Crippen molar-refractivity contribution >= 4 is 77.9 Å². The number of hydrogen-bond donors (Lipinski definition) is 5. The summed E-state index contributed by atoms with van der Waals surface area (Å²) in [5.41, 5.74) is 1.11. The number of aromatic hydroxyl groups is 1. The summed E-state index contributed by atoms with van der Waals surface area (Å²) in [7, 11) is 2.67. The van der Waals surface area contributed by atoms with E-state index in [-0.39, 0.29) is 68.0 Å². The lowest BCUT2D eigenvalue weighted by atomic mass is 9.80. The number of allylic oxidation sites excluding steroid dienone is 2. The SMILES string of the molecule is COc1c(O)c2c(=O)cc(CO)c3c4c(CO)c5c(c6c(=O)c(OC)c7c(c(c1C(C(C)=O)=C(C)C7)c23)c64)NC(C(=O)O)CS5. The van der Waals surface area contributed by atoms with Crippen molar-refractivity contribution < 1.29 is 39.5 Å². The van der Waals surface area contributed by atoms with E-state index in [1.165, 1.54) is 39.0 Å². The average molecular weight is 630 g/mol. The van der Waals surface area contributed by atoms with E-state index >= 15 is 0 Å². The third kappa shape index (κ3) is 3.55.